The van der Waals surface area contributed by atoms with Crippen LogP contribution >= 0.6 is 23.2 Å². The van der Waals surface area contributed by atoms with Crippen molar-refractivity contribution >= 4 is 29.1 Å². The summed E-state index contributed by atoms with van der Waals surface area (Å²) in [5.41, 5.74) is -0.00998. The van der Waals surface area contributed by atoms with Crippen molar-refractivity contribution in [3.05, 3.63) is 27.8 Å². The number of nitrogens with zero attached hydrogens (tertiary/aromatic N) is 1. The Morgan fingerprint density at radius 1 is 1.50 bits per heavy atom. The zero-order valence-corrected chi connectivity index (χ0v) is 10.4. The van der Waals surface area contributed by atoms with Gasteiger partial charge in [0.25, 0.3) is 5.91 Å². The second-order valence-corrected chi connectivity index (χ2v) is 4.42. The lowest BCUT2D eigenvalue weighted by atomic mass is 10.2. The summed E-state index contributed by atoms with van der Waals surface area (Å²) >= 11 is 11.1. The lowest BCUT2D eigenvalue weighted by Gasteiger charge is -2.08. The molecule has 0 aliphatic carbocycles. The molecule has 0 atom stereocenters. The summed E-state index contributed by atoms with van der Waals surface area (Å²) in [5.74, 6) is -0.921. The standard InChI is InChI=1S/C10H11Cl2FN2O/c1-5(2)4-14-10(16)6-3-7(13)9(12)15-8(6)11/h3,5H,4H2,1-2H3,(H,14,16). The average molecular weight is 265 g/mol. The zero-order valence-electron chi connectivity index (χ0n) is 8.85. The quantitative estimate of drug-likeness (QED) is 0.854. The molecule has 6 heteroatoms. The van der Waals surface area contributed by atoms with Gasteiger partial charge in [0.2, 0.25) is 0 Å². The number of pyridine rings is 1. The van der Waals surface area contributed by atoms with Crippen molar-refractivity contribution in [1.82, 2.24) is 10.3 Å². The third-order valence-electron chi connectivity index (χ3n) is 1.80. The Morgan fingerprint density at radius 3 is 2.69 bits per heavy atom. The second-order valence-electron chi connectivity index (χ2n) is 3.70. The molecule has 1 N–H and O–H groups in total. The van der Waals surface area contributed by atoms with E-state index in [2.05, 4.69) is 10.3 Å². The molecule has 0 spiro atoms. The summed E-state index contributed by atoms with van der Waals surface area (Å²) in [7, 11) is 0. The van der Waals surface area contributed by atoms with Gasteiger partial charge >= 0.3 is 0 Å². The molecular weight excluding hydrogens is 254 g/mol. The van der Waals surface area contributed by atoms with Crippen LogP contribution in [-0.2, 0) is 0 Å². The van der Waals surface area contributed by atoms with E-state index in [0.29, 0.717) is 12.5 Å². The monoisotopic (exact) mass is 264 g/mol. The summed E-state index contributed by atoms with van der Waals surface area (Å²) in [6.07, 6.45) is 0. The predicted octanol–water partition coefficient (Wildman–Crippen LogP) is 2.91. The largest absolute Gasteiger partial charge is 0.352 e. The van der Waals surface area contributed by atoms with Gasteiger partial charge in [-0.15, -0.1) is 0 Å². The number of amides is 1. The van der Waals surface area contributed by atoms with Gasteiger partial charge in [0.15, 0.2) is 11.0 Å². The topological polar surface area (TPSA) is 42.0 Å². The van der Waals surface area contributed by atoms with E-state index in [9.17, 15) is 9.18 Å². The Hall–Kier alpha value is -0.870. The molecule has 0 aromatic carbocycles. The van der Waals surface area contributed by atoms with Crippen molar-refractivity contribution in [2.75, 3.05) is 6.54 Å². The van der Waals surface area contributed by atoms with E-state index in [4.69, 9.17) is 23.2 Å². The first-order valence-corrected chi connectivity index (χ1v) is 5.47. The van der Waals surface area contributed by atoms with Crippen molar-refractivity contribution in [3.63, 3.8) is 0 Å². The molecule has 1 aromatic rings. The van der Waals surface area contributed by atoms with E-state index in [0.717, 1.165) is 6.07 Å². The van der Waals surface area contributed by atoms with Gasteiger partial charge in [0.05, 0.1) is 5.56 Å². The summed E-state index contributed by atoms with van der Waals surface area (Å²) in [6, 6.07) is 0.979. The average Bonchev–Trinajstić information content (AvgIpc) is 2.20. The summed E-state index contributed by atoms with van der Waals surface area (Å²) in [5, 5.41) is 2.17. The van der Waals surface area contributed by atoms with Crippen LogP contribution in [0.5, 0.6) is 0 Å². The second kappa shape index (κ2) is 5.46. The molecule has 16 heavy (non-hydrogen) atoms. The number of aromatic nitrogens is 1. The molecule has 1 rings (SSSR count). The Morgan fingerprint density at radius 2 is 2.12 bits per heavy atom. The highest BCUT2D eigenvalue weighted by atomic mass is 35.5. The normalized spacial score (nSPS) is 10.6. The zero-order chi connectivity index (χ0) is 12.3. The van der Waals surface area contributed by atoms with Gasteiger partial charge in [-0.25, -0.2) is 9.37 Å². The lowest BCUT2D eigenvalue weighted by molar-refractivity contribution is 0.0948. The fraction of sp³-hybridized carbons (Fsp3) is 0.400. The van der Waals surface area contributed by atoms with Crippen LogP contribution in [0.1, 0.15) is 24.2 Å². The lowest BCUT2D eigenvalue weighted by Crippen LogP contribution is -2.27. The van der Waals surface area contributed by atoms with Gasteiger partial charge in [-0.3, -0.25) is 4.79 Å². The SMILES string of the molecule is CC(C)CNC(=O)c1cc(F)c(Cl)nc1Cl. The van der Waals surface area contributed by atoms with Gasteiger partial charge in [-0.2, -0.15) is 0 Å². The van der Waals surface area contributed by atoms with Crippen LogP contribution in [0, 0.1) is 11.7 Å². The molecule has 1 amide bonds. The molecule has 0 fully saturated rings. The Labute approximate surface area is 103 Å². The van der Waals surface area contributed by atoms with Crippen LogP contribution in [0.25, 0.3) is 0 Å². The van der Waals surface area contributed by atoms with Crippen LogP contribution in [0.4, 0.5) is 4.39 Å². The van der Waals surface area contributed by atoms with Crippen LogP contribution < -0.4 is 5.32 Å². The molecule has 3 nitrogen and oxygen atoms in total. The van der Waals surface area contributed by atoms with Crippen LogP contribution in [0.3, 0.4) is 0 Å². The van der Waals surface area contributed by atoms with E-state index < -0.39 is 11.7 Å². The molecule has 0 aliphatic rings. The van der Waals surface area contributed by atoms with Gasteiger partial charge in [0.1, 0.15) is 5.15 Å². The summed E-state index contributed by atoms with van der Waals surface area (Å²) in [6.45, 7) is 4.38. The minimum Gasteiger partial charge on any atom is -0.352 e. The van der Waals surface area contributed by atoms with Gasteiger partial charge in [0, 0.05) is 6.54 Å². The third kappa shape index (κ3) is 3.32. The van der Waals surface area contributed by atoms with E-state index in [1.54, 1.807) is 0 Å². The first-order chi connectivity index (χ1) is 7.41. The number of halogens is 3. The highest BCUT2D eigenvalue weighted by Crippen LogP contribution is 2.20. The number of nitrogens with one attached hydrogen (secondary N) is 1. The highest BCUT2D eigenvalue weighted by Gasteiger charge is 2.15. The number of rotatable bonds is 3. The van der Waals surface area contributed by atoms with E-state index >= 15 is 0 Å². The van der Waals surface area contributed by atoms with Crippen molar-refractivity contribution in [2.45, 2.75) is 13.8 Å². The Balaban J connectivity index is 2.87. The van der Waals surface area contributed by atoms with Crippen molar-refractivity contribution in [2.24, 2.45) is 5.92 Å². The van der Waals surface area contributed by atoms with Gasteiger partial charge in [-0.05, 0) is 12.0 Å². The Kier molecular flexibility index (Phi) is 4.50. The maximum Gasteiger partial charge on any atom is 0.254 e. The molecule has 0 unspecified atom stereocenters. The number of hydrogen-bond donors (Lipinski definition) is 1. The fourth-order valence-electron chi connectivity index (χ4n) is 0.997. The fourth-order valence-corrected chi connectivity index (χ4v) is 1.40. The number of carbonyl (C=O) groups excluding carboxylic acids is 1. The smallest absolute Gasteiger partial charge is 0.254 e. The molecule has 0 bridgehead atoms. The molecule has 0 aliphatic heterocycles. The molecule has 1 heterocycles. The van der Waals surface area contributed by atoms with Crippen LogP contribution in [0.2, 0.25) is 10.3 Å². The minimum atomic E-state index is -0.763. The number of hydrogen-bond acceptors (Lipinski definition) is 2. The van der Waals surface area contributed by atoms with Crippen molar-refractivity contribution in [3.8, 4) is 0 Å². The molecule has 88 valence electrons. The van der Waals surface area contributed by atoms with E-state index in [1.165, 1.54) is 0 Å². The van der Waals surface area contributed by atoms with E-state index in [1.807, 2.05) is 13.8 Å². The van der Waals surface area contributed by atoms with Gasteiger partial charge in [-0.1, -0.05) is 37.0 Å². The van der Waals surface area contributed by atoms with Crippen molar-refractivity contribution < 1.29 is 9.18 Å². The number of carbonyl (C=O) groups is 1. The van der Waals surface area contributed by atoms with Crippen molar-refractivity contribution in [1.29, 1.82) is 0 Å². The molecule has 0 saturated carbocycles. The summed E-state index contributed by atoms with van der Waals surface area (Å²) < 4.78 is 13.1. The minimum absolute atomic E-state index is 0.00998. The molecule has 0 radical (unpaired) electrons. The molecule has 0 saturated heterocycles. The van der Waals surface area contributed by atoms with Crippen LogP contribution in [0.15, 0.2) is 6.07 Å². The third-order valence-corrected chi connectivity index (χ3v) is 2.36. The highest BCUT2D eigenvalue weighted by molar-refractivity contribution is 6.34. The van der Waals surface area contributed by atoms with Gasteiger partial charge < -0.3 is 5.32 Å². The first kappa shape index (κ1) is 13.2. The predicted molar refractivity (Wildman–Crippen MR) is 61.4 cm³/mol. The van der Waals surface area contributed by atoms with Crippen LogP contribution in [-0.4, -0.2) is 17.4 Å². The first-order valence-electron chi connectivity index (χ1n) is 4.71. The van der Waals surface area contributed by atoms with E-state index in [-0.39, 0.29) is 15.9 Å². The summed E-state index contributed by atoms with van der Waals surface area (Å²) in [4.78, 5) is 15.1. The maximum absolute atomic E-state index is 13.1. The maximum atomic E-state index is 13.1. The Bertz CT molecular complexity index is 410. The molecular formula is C10H11Cl2FN2O. The molecule has 1 aromatic heterocycles.